The van der Waals surface area contributed by atoms with Gasteiger partial charge in [-0.2, -0.15) is 0 Å². The Morgan fingerprint density at radius 2 is 2.17 bits per heavy atom. The van der Waals surface area contributed by atoms with E-state index in [9.17, 15) is 9.59 Å². The topological polar surface area (TPSA) is 79.9 Å². The van der Waals surface area contributed by atoms with Crippen LogP contribution in [0.5, 0.6) is 5.75 Å². The van der Waals surface area contributed by atoms with Gasteiger partial charge < -0.3 is 25.0 Å². The fourth-order valence-corrected chi connectivity index (χ4v) is 2.19. The highest BCUT2D eigenvalue weighted by Crippen LogP contribution is 2.18. The number of hydrogen-bond donors (Lipinski definition) is 2. The van der Waals surface area contributed by atoms with E-state index in [0.29, 0.717) is 24.6 Å². The van der Waals surface area contributed by atoms with Crippen LogP contribution in [0.4, 0.5) is 5.69 Å². The number of carbonyl (C=O) groups excluding carboxylic acids is 2. The maximum absolute atomic E-state index is 12.3. The lowest BCUT2D eigenvalue weighted by atomic mass is 10.1. The second-order valence-corrected chi connectivity index (χ2v) is 5.60. The Bertz CT molecular complexity index is 568. The third kappa shape index (κ3) is 5.67. The highest BCUT2D eigenvalue weighted by molar-refractivity contribution is 5.95. The van der Waals surface area contributed by atoms with Crippen molar-refractivity contribution in [2.45, 2.75) is 19.1 Å². The van der Waals surface area contributed by atoms with Crippen LogP contribution in [0.2, 0.25) is 0 Å². The highest BCUT2D eigenvalue weighted by Gasteiger charge is 2.28. The predicted molar refractivity (Wildman–Crippen MR) is 93.7 cm³/mol. The molecule has 0 bridgehead atoms. The molecule has 0 unspecified atom stereocenters. The third-order valence-electron chi connectivity index (χ3n) is 3.56. The Balaban J connectivity index is 0.00000288. The molecule has 1 aliphatic heterocycles. The summed E-state index contributed by atoms with van der Waals surface area (Å²) < 4.78 is 10.9. The van der Waals surface area contributed by atoms with E-state index in [1.807, 2.05) is 6.92 Å². The normalized spacial score (nSPS) is 19.8. The van der Waals surface area contributed by atoms with E-state index >= 15 is 0 Å². The summed E-state index contributed by atoms with van der Waals surface area (Å²) in [5.41, 5.74) is 0.615. The van der Waals surface area contributed by atoms with Crippen LogP contribution in [0.3, 0.4) is 0 Å². The Kier molecular flexibility index (Phi) is 7.97. The van der Waals surface area contributed by atoms with Gasteiger partial charge >= 0.3 is 0 Å². The first-order chi connectivity index (χ1) is 11.0. The third-order valence-corrected chi connectivity index (χ3v) is 3.56. The van der Waals surface area contributed by atoms with E-state index in [1.165, 1.54) is 4.90 Å². The number of carbonyl (C=O) groups is 2. The van der Waals surface area contributed by atoms with Gasteiger partial charge in [-0.15, -0.1) is 12.4 Å². The summed E-state index contributed by atoms with van der Waals surface area (Å²) in [6, 6.07) is 6.58. The van der Waals surface area contributed by atoms with Gasteiger partial charge in [-0.3, -0.25) is 9.59 Å². The molecule has 7 nitrogen and oxygen atoms in total. The minimum atomic E-state index is -0.386. The number of anilines is 1. The molecular weight excluding hydrogens is 334 g/mol. The van der Waals surface area contributed by atoms with Crippen LogP contribution >= 0.6 is 12.4 Å². The molecule has 24 heavy (non-hydrogen) atoms. The van der Waals surface area contributed by atoms with Gasteiger partial charge in [-0.05, 0) is 19.1 Å². The minimum Gasteiger partial charge on any atom is -0.484 e. The fraction of sp³-hybridized carbons (Fsp3) is 0.500. The van der Waals surface area contributed by atoms with Crippen LogP contribution in [0.25, 0.3) is 0 Å². The van der Waals surface area contributed by atoms with Crippen LogP contribution in [-0.2, 0) is 14.3 Å². The van der Waals surface area contributed by atoms with Gasteiger partial charge in [0, 0.05) is 32.4 Å². The van der Waals surface area contributed by atoms with Gasteiger partial charge in [0.15, 0.2) is 6.61 Å². The second-order valence-electron chi connectivity index (χ2n) is 5.60. The molecule has 134 valence electrons. The monoisotopic (exact) mass is 357 g/mol. The highest BCUT2D eigenvalue weighted by atomic mass is 35.5. The van der Waals surface area contributed by atoms with Crippen molar-refractivity contribution >= 4 is 29.9 Å². The van der Waals surface area contributed by atoms with E-state index in [4.69, 9.17) is 9.47 Å². The molecule has 1 aliphatic rings. The summed E-state index contributed by atoms with van der Waals surface area (Å²) in [6.45, 7) is 3.08. The second kappa shape index (κ2) is 9.46. The van der Waals surface area contributed by atoms with Crippen molar-refractivity contribution < 1.29 is 19.1 Å². The molecule has 0 aromatic heterocycles. The van der Waals surface area contributed by atoms with Crippen molar-refractivity contribution in [2.75, 3.05) is 39.2 Å². The summed E-state index contributed by atoms with van der Waals surface area (Å²) >= 11 is 0. The lowest BCUT2D eigenvalue weighted by Gasteiger charge is -2.29. The number of morpholine rings is 1. The summed E-state index contributed by atoms with van der Waals surface area (Å²) in [6.07, 6.45) is -0.180. The lowest BCUT2D eigenvalue weighted by Crippen LogP contribution is -2.53. The van der Waals surface area contributed by atoms with Gasteiger partial charge in [0.25, 0.3) is 5.91 Å². The van der Waals surface area contributed by atoms with Crippen LogP contribution in [0.15, 0.2) is 24.3 Å². The molecule has 1 aromatic carbocycles. The SMILES string of the molecule is C[C@H]1OCCN[C@@H]1C(=O)Nc1cccc(OCC(=O)N(C)C)c1.Cl. The smallest absolute Gasteiger partial charge is 0.259 e. The van der Waals surface area contributed by atoms with Crippen molar-refractivity contribution in [1.82, 2.24) is 10.2 Å². The summed E-state index contributed by atoms with van der Waals surface area (Å²) in [7, 11) is 3.34. The van der Waals surface area contributed by atoms with Crippen molar-refractivity contribution in [2.24, 2.45) is 0 Å². The molecular formula is C16H24ClN3O4. The molecule has 0 spiro atoms. The van der Waals surface area contributed by atoms with Gasteiger partial charge in [-0.1, -0.05) is 6.07 Å². The van der Waals surface area contributed by atoms with Crippen LogP contribution in [0.1, 0.15) is 6.92 Å². The van der Waals surface area contributed by atoms with Crippen molar-refractivity contribution in [1.29, 1.82) is 0 Å². The molecule has 1 saturated heterocycles. The molecule has 1 aromatic rings. The lowest BCUT2D eigenvalue weighted by molar-refractivity contribution is -0.130. The van der Waals surface area contributed by atoms with E-state index in [0.717, 1.165) is 0 Å². The molecule has 2 atom stereocenters. The molecule has 0 radical (unpaired) electrons. The number of hydrogen-bond acceptors (Lipinski definition) is 5. The Morgan fingerprint density at radius 3 is 2.83 bits per heavy atom. The molecule has 8 heteroatoms. The molecule has 2 N–H and O–H groups in total. The van der Waals surface area contributed by atoms with E-state index < -0.39 is 0 Å². The number of ether oxygens (including phenoxy) is 2. The first-order valence-electron chi connectivity index (χ1n) is 7.56. The Hall–Kier alpha value is -1.83. The molecule has 0 saturated carbocycles. The standard InChI is InChI=1S/C16H23N3O4.ClH/c1-11-15(17-7-8-22-11)16(21)18-12-5-4-6-13(9-12)23-10-14(20)19(2)3;/h4-6,9,11,15,17H,7-8,10H2,1-3H3,(H,18,21);1H/t11-,15+;/m1./s1. The number of nitrogens with one attached hydrogen (secondary N) is 2. The van der Waals surface area contributed by atoms with Gasteiger partial charge in [0.05, 0.1) is 12.7 Å². The van der Waals surface area contributed by atoms with E-state index in [-0.39, 0.29) is 43.0 Å². The molecule has 1 heterocycles. The maximum Gasteiger partial charge on any atom is 0.259 e. The molecule has 1 fully saturated rings. The van der Waals surface area contributed by atoms with Gasteiger partial charge in [0.1, 0.15) is 11.8 Å². The summed E-state index contributed by atoms with van der Waals surface area (Å²) in [5, 5.41) is 5.97. The predicted octanol–water partition coefficient (Wildman–Crippen LogP) is 0.891. The largest absolute Gasteiger partial charge is 0.484 e. The molecule has 0 aliphatic carbocycles. The zero-order chi connectivity index (χ0) is 16.8. The maximum atomic E-state index is 12.3. The Morgan fingerprint density at radius 1 is 1.42 bits per heavy atom. The number of nitrogens with zero attached hydrogens (tertiary/aromatic N) is 1. The summed E-state index contributed by atoms with van der Waals surface area (Å²) in [5.74, 6) is 0.245. The number of halogens is 1. The average Bonchev–Trinajstić information content (AvgIpc) is 2.53. The first kappa shape index (κ1) is 20.2. The van der Waals surface area contributed by atoms with E-state index in [1.54, 1.807) is 38.4 Å². The first-order valence-corrected chi connectivity index (χ1v) is 7.56. The number of benzene rings is 1. The van der Waals surface area contributed by atoms with E-state index in [2.05, 4.69) is 10.6 Å². The van der Waals surface area contributed by atoms with Crippen molar-refractivity contribution in [3.8, 4) is 5.75 Å². The van der Waals surface area contributed by atoms with Crippen LogP contribution < -0.4 is 15.4 Å². The fourth-order valence-electron chi connectivity index (χ4n) is 2.19. The van der Waals surface area contributed by atoms with Gasteiger partial charge in [-0.25, -0.2) is 0 Å². The summed E-state index contributed by atoms with van der Waals surface area (Å²) in [4.78, 5) is 25.3. The average molecular weight is 358 g/mol. The van der Waals surface area contributed by atoms with Crippen molar-refractivity contribution in [3.05, 3.63) is 24.3 Å². The number of likely N-dealkylation sites (N-methyl/N-ethyl adjacent to an activating group) is 1. The zero-order valence-corrected chi connectivity index (χ0v) is 14.9. The van der Waals surface area contributed by atoms with Crippen LogP contribution in [0, 0.1) is 0 Å². The van der Waals surface area contributed by atoms with Crippen LogP contribution in [-0.4, -0.2) is 62.7 Å². The minimum absolute atomic E-state index is 0. The molecule has 2 amide bonds. The quantitative estimate of drug-likeness (QED) is 0.818. The van der Waals surface area contributed by atoms with Gasteiger partial charge in [0.2, 0.25) is 5.91 Å². The zero-order valence-electron chi connectivity index (χ0n) is 14.1. The Labute approximate surface area is 148 Å². The van der Waals surface area contributed by atoms with Crippen molar-refractivity contribution in [3.63, 3.8) is 0 Å². The number of rotatable bonds is 5. The number of amides is 2. The molecule has 2 rings (SSSR count).